The molecule has 0 fully saturated rings. The van der Waals surface area contributed by atoms with Gasteiger partial charge in [0.2, 0.25) is 5.91 Å². The third-order valence-electron chi connectivity index (χ3n) is 5.80. The van der Waals surface area contributed by atoms with Crippen molar-refractivity contribution in [3.05, 3.63) is 92.5 Å². The number of halogens is 1. The highest BCUT2D eigenvalue weighted by Gasteiger charge is 2.31. The standard InChI is InChI=1S/C27H30ClN3O6S2/c1-19-6-4-7-21(14-19)18-38-13-5-12-29-27(32)17-30(25-15-22(28)9-11-26(25)37-3)39(35,36)23-10-8-20(2)24(16-23)31(33)34/h4,6-11,14-16H,5,12-13,17-18H2,1-3H3,(H,29,32). The van der Waals surface area contributed by atoms with Gasteiger partial charge < -0.3 is 10.1 Å². The molecule has 12 heteroatoms. The monoisotopic (exact) mass is 591 g/mol. The van der Waals surface area contributed by atoms with Crippen LogP contribution in [0.3, 0.4) is 0 Å². The number of anilines is 1. The molecule has 0 saturated heterocycles. The van der Waals surface area contributed by atoms with Crippen LogP contribution >= 0.6 is 23.4 Å². The van der Waals surface area contributed by atoms with Gasteiger partial charge in [-0.2, -0.15) is 11.8 Å². The summed E-state index contributed by atoms with van der Waals surface area (Å²) in [6.07, 6.45) is 0.694. The molecule has 0 aliphatic heterocycles. The molecule has 1 amide bonds. The second kappa shape index (κ2) is 13.7. The summed E-state index contributed by atoms with van der Waals surface area (Å²) in [4.78, 5) is 23.4. The molecule has 0 aliphatic carbocycles. The number of hydrogen-bond acceptors (Lipinski definition) is 7. The van der Waals surface area contributed by atoms with Crippen molar-refractivity contribution < 1.29 is 22.9 Å². The van der Waals surface area contributed by atoms with Gasteiger partial charge in [0, 0.05) is 29.0 Å². The van der Waals surface area contributed by atoms with E-state index in [0.717, 1.165) is 21.9 Å². The molecule has 0 spiro atoms. The van der Waals surface area contributed by atoms with Crippen molar-refractivity contribution in [2.45, 2.75) is 30.9 Å². The van der Waals surface area contributed by atoms with E-state index in [1.54, 1.807) is 11.8 Å². The maximum Gasteiger partial charge on any atom is 0.273 e. The molecule has 0 aliphatic rings. The molecule has 0 heterocycles. The Morgan fingerprint density at radius 3 is 2.59 bits per heavy atom. The Bertz CT molecular complexity index is 1450. The van der Waals surface area contributed by atoms with Gasteiger partial charge in [-0.3, -0.25) is 19.2 Å². The van der Waals surface area contributed by atoms with Gasteiger partial charge in [0.05, 0.1) is 22.6 Å². The van der Waals surface area contributed by atoms with Crippen molar-refractivity contribution in [2.24, 2.45) is 0 Å². The van der Waals surface area contributed by atoms with E-state index < -0.39 is 27.4 Å². The van der Waals surface area contributed by atoms with Crippen molar-refractivity contribution >= 4 is 50.7 Å². The molecule has 0 radical (unpaired) electrons. The highest BCUT2D eigenvalue weighted by atomic mass is 35.5. The maximum absolute atomic E-state index is 13.7. The molecule has 3 aromatic rings. The number of ether oxygens (including phenoxy) is 1. The minimum atomic E-state index is -4.42. The lowest BCUT2D eigenvalue weighted by Crippen LogP contribution is -2.41. The highest BCUT2D eigenvalue weighted by molar-refractivity contribution is 7.98. The highest BCUT2D eigenvalue weighted by Crippen LogP contribution is 2.35. The smallest absolute Gasteiger partial charge is 0.273 e. The van der Waals surface area contributed by atoms with Gasteiger partial charge >= 0.3 is 0 Å². The van der Waals surface area contributed by atoms with Crippen molar-refractivity contribution in [2.75, 3.05) is 30.3 Å². The molecule has 39 heavy (non-hydrogen) atoms. The third kappa shape index (κ3) is 8.11. The molecule has 3 aromatic carbocycles. The first-order chi connectivity index (χ1) is 18.5. The summed E-state index contributed by atoms with van der Waals surface area (Å²) in [5.74, 6) is 1.31. The maximum atomic E-state index is 13.7. The van der Waals surface area contributed by atoms with Crippen molar-refractivity contribution in [1.29, 1.82) is 0 Å². The minimum Gasteiger partial charge on any atom is -0.495 e. The van der Waals surface area contributed by atoms with Gasteiger partial charge in [-0.15, -0.1) is 0 Å². The van der Waals surface area contributed by atoms with Gasteiger partial charge in [-0.1, -0.05) is 47.5 Å². The fraction of sp³-hybridized carbons (Fsp3) is 0.296. The van der Waals surface area contributed by atoms with Crippen LogP contribution in [0.4, 0.5) is 11.4 Å². The predicted molar refractivity (Wildman–Crippen MR) is 155 cm³/mol. The Morgan fingerprint density at radius 2 is 1.90 bits per heavy atom. The van der Waals surface area contributed by atoms with Crippen molar-refractivity contribution in [3.8, 4) is 5.75 Å². The molecule has 0 saturated carbocycles. The molecule has 0 unspecified atom stereocenters. The molecule has 0 bridgehead atoms. The Balaban J connectivity index is 1.75. The van der Waals surface area contributed by atoms with Crippen LogP contribution < -0.4 is 14.4 Å². The van der Waals surface area contributed by atoms with Crippen LogP contribution in [0.5, 0.6) is 5.75 Å². The number of methoxy groups -OCH3 is 1. The molecule has 0 aromatic heterocycles. The van der Waals surface area contributed by atoms with Crippen molar-refractivity contribution in [1.82, 2.24) is 5.32 Å². The quantitative estimate of drug-likeness (QED) is 0.158. The second-order valence-corrected chi connectivity index (χ2v) is 12.2. The SMILES string of the molecule is COc1ccc(Cl)cc1N(CC(=O)NCCCSCc1cccc(C)c1)S(=O)(=O)c1ccc(C)c([N+](=O)[O-])c1. The first kappa shape index (κ1) is 30.3. The Labute approximate surface area is 237 Å². The summed E-state index contributed by atoms with van der Waals surface area (Å²) in [5.41, 5.74) is 2.44. The molecule has 0 atom stereocenters. The van der Waals surface area contributed by atoms with E-state index in [0.29, 0.717) is 18.5 Å². The molecule has 1 N–H and O–H groups in total. The number of rotatable bonds is 13. The average Bonchev–Trinajstić information content (AvgIpc) is 2.89. The number of sulfonamides is 1. The lowest BCUT2D eigenvalue weighted by molar-refractivity contribution is -0.385. The van der Waals surface area contributed by atoms with Crippen LogP contribution in [-0.2, 0) is 20.6 Å². The van der Waals surface area contributed by atoms with Gasteiger partial charge in [-0.05, 0) is 55.9 Å². The second-order valence-electron chi connectivity index (χ2n) is 8.78. The zero-order valence-electron chi connectivity index (χ0n) is 21.8. The fourth-order valence-corrected chi connectivity index (χ4v) is 6.33. The zero-order valence-corrected chi connectivity index (χ0v) is 24.2. The Morgan fingerprint density at radius 1 is 1.13 bits per heavy atom. The molecule has 9 nitrogen and oxygen atoms in total. The van der Waals surface area contributed by atoms with Crippen LogP contribution in [0.15, 0.2) is 65.6 Å². The summed E-state index contributed by atoms with van der Waals surface area (Å²) < 4.78 is 33.6. The number of nitrogens with zero attached hydrogens (tertiary/aromatic N) is 2. The first-order valence-electron chi connectivity index (χ1n) is 12.0. The van der Waals surface area contributed by atoms with Crippen LogP contribution in [0.2, 0.25) is 5.02 Å². The Kier molecular flexibility index (Phi) is 10.6. The number of hydrogen-bond donors (Lipinski definition) is 1. The largest absolute Gasteiger partial charge is 0.495 e. The normalized spacial score (nSPS) is 11.2. The van der Waals surface area contributed by atoms with Gasteiger partial charge in [0.1, 0.15) is 12.3 Å². The minimum absolute atomic E-state index is 0.0390. The third-order valence-corrected chi connectivity index (χ3v) is 8.91. The summed E-state index contributed by atoms with van der Waals surface area (Å²) in [6, 6.07) is 16.3. The zero-order chi connectivity index (χ0) is 28.6. The summed E-state index contributed by atoms with van der Waals surface area (Å²) >= 11 is 7.90. The lowest BCUT2D eigenvalue weighted by Gasteiger charge is -2.26. The fourth-order valence-electron chi connectivity index (χ4n) is 3.81. The molecule has 3 rings (SSSR count). The van der Waals surface area contributed by atoms with E-state index in [4.69, 9.17) is 16.3 Å². The molecular weight excluding hydrogens is 562 g/mol. The number of amides is 1. The van der Waals surface area contributed by atoms with E-state index in [1.807, 2.05) is 19.1 Å². The van der Waals surface area contributed by atoms with Crippen molar-refractivity contribution in [3.63, 3.8) is 0 Å². The van der Waals surface area contributed by atoms with E-state index in [-0.39, 0.29) is 27.0 Å². The number of aryl methyl sites for hydroxylation is 2. The molecular formula is C27H30ClN3O6S2. The van der Waals surface area contributed by atoms with Crippen LogP contribution in [-0.4, -0.2) is 45.2 Å². The molecule has 208 valence electrons. The number of benzene rings is 3. The van der Waals surface area contributed by atoms with Crippen LogP contribution in [0.25, 0.3) is 0 Å². The number of carbonyl (C=O) groups is 1. The van der Waals surface area contributed by atoms with Crippen LogP contribution in [0, 0.1) is 24.0 Å². The van der Waals surface area contributed by atoms with Gasteiger partial charge in [0.25, 0.3) is 15.7 Å². The van der Waals surface area contributed by atoms with E-state index in [2.05, 4.69) is 17.4 Å². The summed E-state index contributed by atoms with van der Waals surface area (Å²) in [6.45, 7) is 3.35. The number of nitro groups is 1. The number of carbonyl (C=O) groups excluding carboxylic acids is 1. The Hall–Kier alpha value is -3.28. The van der Waals surface area contributed by atoms with E-state index >= 15 is 0 Å². The average molecular weight is 592 g/mol. The summed E-state index contributed by atoms with van der Waals surface area (Å²) in [7, 11) is -3.06. The number of thioether (sulfide) groups is 1. The topological polar surface area (TPSA) is 119 Å². The van der Waals surface area contributed by atoms with Gasteiger partial charge in [-0.25, -0.2) is 8.42 Å². The number of nitro benzene ring substituents is 1. The predicted octanol–water partition coefficient (Wildman–Crippen LogP) is 5.51. The first-order valence-corrected chi connectivity index (χ1v) is 15.0. The lowest BCUT2D eigenvalue weighted by atomic mass is 10.2. The van der Waals surface area contributed by atoms with E-state index in [9.17, 15) is 23.3 Å². The van der Waals surface area contributed by atoms with Crippen LogP contribution in [0.1, 0.15) is 23.1 Å². The van der Waals surface area contributed by atoms with E-state index in [1.165, 1.54) is 55.5 Å². The van der Waals surface area contributed by atoms with Gasteiger partial charge in [0.15, 0.2) is 0 Å². The summed E-state index contributed by atoms with van der Waals surface area (Å²) in [5, 5.41) is 14.4. The number of nitrogens with one attached hydrogen (secondary N) is 1.